The highest BCUT2D eigenvalue weighted by Gasteiger charge is 2.69. The molecule has 2 aliphatic carbocycles. The molecule has 0 spiro atoms. The molecule has 4 aliphatic rings. The predicted molar refractivity (Wildman–Crippen MR) is 136 cm³/mol. The van der Waals surface area contributed by atoms with Crippen LogP contribution >= 0.6 is 23.1 Å². The number of benzene rings is 2. The number of carboxylic acid groups (broad SMARTS) is 1. The molecule has 1 saturated heterocycles. The zero-order valence-electron chi connectivity index (χ0n) is 19.4. The number of hydrogen-bond acceptors (Lipinski definition) is 7. The number of ether oxygens (including phenoxy) is 1. The van der Waals surface area contributed by atoms with Gasteiger partial charge in [-0.2, -0.15) is 0 Å². The highest BCUT2D eigenvalue weighted by atomic mass is 32.2. The molecule has 0 radical (unpaired) electrons. The van der Waals surface area contributed by atoms with Gasteiger partial charge in [0.25, 0.3) is 0 Å². The number of para-hydroxylation sites is 1. The van der Waals surface area contributed by atoms with Gasteiger partial charge in [0.1, 0.15) is 18.0 Å². The highest BCUT2D eigenvalue weighted by molar-refractivity contribution is 8.00. The fourth-order valence-corrected chi connectivity index (χ4v) is 10.0. The Kier molecular flexibility index (Phi) is 5.13. The van der Waals surface area contributed by atoms with Crippen molar-refractivity contribution in [3.05, 3.63) is 74.7 Å². The molecule has 2 saturated carbocycles. The Morgan fingerprint density at radius 2 is 1.73 bits per heavy atom. The first-order valence-electron chi connectivity index (χ1n) is 12.2. The largest absolute Gasteiger partial charge is 0.480 e. The van der Waals surface area contributed by atoms with Crippen molar-refractivity contribution in [2.45, 2.75) is 22.6 Å². The maximum atomic E-state index is 13.3. The summed E-state index contributed by atoms with van der Waals surface area (Å²) in [6.07, 6.45) is 0.756. The number of aliphatic carboxylic acids is 1. The summed E-state index contributed by atoms with van der Waals surface area (Å²) in [5, 5.41) is 10.2. The van der Waals surface area contributed by atoms with E-state index in [1.165, 1.54) is 11.3 Å². The molecule has 2 N–H and O–H groups in total. The molecule has 8 nitrogen and oxygen atoms in total. The first-order valence-corrected chi connectivity index (χ1v) is 13.9. The first kappa shape index (κ1) is 22.8. The second-order valence-corrected chi connectivity index (χ2v) is 12.3. The van der Waals surface area contributed by atoms with Crippen LogP contribution in [0.15, 0.2) is 64.4 Å². The second-order valence-electron chi connectivity index (χ2n) is 10.1. The highest BCUT2D eigenvalue weighted by Crippen LogP contribution is 2.68. The molecule has 2 aromatic carbocycles. The molecule has 2 amide bonds. The number of rotatable bonds is 5. The zero-order chi connectivity index (χ0) is 25.4. The molecule has 3 fully saturated rings. The quantitative estimate of drug-likeness (QED) is 0.479. The average molecular weight is 535 g/mol. The van der Waals surface area contributed by atoms with Crippen LogP contribution in [0, 0.1) is 29.6 Å². The number of nitrogens with zero attached hydrogens (tertiary/aromatic N) is 1. The number of nitrogens with one attached hydrogen (secondary N) is 1. The van der Waals surface area contributed by atoms with Crippen LogP contribution in [0.25, 0.3) is 0 Å². The van der Waals surface area contributed by atoms with E-state index in [9.17, 15) is 24.3 Å². The Hall–Kier alpha value is -3.37. The summed E-state index contributed by atoms with van der Waals surface area (Å²) >= 11 is 2.81. The Labute approximate surface area is 219 Å². The lowest BCUT2D eigenvalue weighted by Crippen LogP contribution is -2.42. The van der Waals surface area contributed by atoms with E-state index < -0.39 is 24.3 Å². The molecule has 3 heterocycles. The maximum absolute atomic E-state index is 13.3. The monoisotopic (exact) mass is 534 g/mol. The van der Waals surface area contributed by atoms with Crippen molar-refractivity contribution in [3.8, 4) is 11.5 Å². The van der Waals surface area contributed by atoms with Crippen LogP contribution in [-0.2, 0) is 14.4 Å². The SMILES string of the molecule is O=C(O)CN1C(=O)C2C3CC(C2C1=O)C1C3Sc2[nH]c(=O)sc2[C@@H]1c1cccc(Oc2ccccc2)c1. The third kappa shape index (κ3) is 3.42. The van der Waals surface area contributed by atoms with E-state index in [1.807, 2.05) is 54.6 Å². The van der Waals surface area contributed by atoms with Crippen molar-refractivity contribution < 1.29 is 24.2 Å². The Morgan fingerprint density at radius 1 is 1.00 bits per heavy atom. The standard InChI is InChI=1S/C27H22N2O6S2/c30-17(31)11-29-25(32)20-15-10-16(21(20)26(29)33)22-19(15)18(23-24(36-22)28-27(34)37-23)12-5-4-8-14(9-12)35-13-6-2-1-3-7-13/h1-9,15-16,18-22H,10-11H2,(H,28,34)(H,30,31)/t15?,16?,18-,19?,20?,21?,22?/m1/s1. The van der Waals surface area contributed by atoms with E-state index in [2.05, 4.69) is 4.98 Å². The van der Waals surface area contributed by atoms with Crippen molar-refractivity contribution in [3.63, 3.8) is 0 Å². The van der Waals surface area contributed by atoms with Crippen molar-refractivity contribution in [1.82, 2.24) is 9.88 Å². The van der Waals surface area contributed by atoms with Crippen molar-refractivity contribution in [1.29, 1.82) is 0 Å². The molecule has 7 atom stereocenters. The van der Waals surface area contributed by atoms with Gasteiger partial charge in [-0.3, -0.25) is 24.1 Å². The third-order valence-electron chi connectivity index (χ3n) is 8.30. The molecule has 1 aromatic heterocycles. The smallest absolute Gasteiger partial charge is 0.323 e. The summed E-state index contributed by atoms with van der Waals surface area (Å²) in [4.78, 5) is 55.0. The molecule has 2 bridgehead atoms. The van der Waals surface area contributed by atoms with E-state index in [-0.39, 0.29) is 45.6 Å². The number of carbonyl (C=O) groups excluding carboxylic acids is 2. The number of fused-ring (bicyclic) bond motifs is 9. The fourth-order valence-electron chi connectivity index (χ4n) is 7.14. The molecule has 3 aromatic rings. The molecular weight excluding hydrogens is 512 g/mol. The van der Waals surface area contributed by atoms with Gasteiger partial charge in [0.2, 0.25) is 11.8 Å². The number of aromatic amines is 1. The number of thioether (sulfide) groups is 1. The summed E-state index contributed by atoms with van der Waals surface area (Å²) < 4.78 is 6.10. The summed E-state index contributed by atoms with van der Waals surface area (Å²) in [5.74, 6) is -1.66. The molecule has 7 rings (SSSR count). The fraction of sp³-hybridized carbons (Fsp3) is 0.333. The van der Waals surface area contributed by atoms with Crippen LogP contribution in [0.2, 0.25) is 0 Å². The normalized spacial score (nSPS) is 31.2. The first-order chi connectivity index (χ1) is 17.9. The maximum Gasteiger partial charge on any atom is 0.323 e. The third-order valence-corrected chi connectivity index (χ3v) is 10.9. The molecular formula is C27H22N2O6S2. The average Bonchev–Trinajstić information content (AvgIpc) is 3.60. The molecule has 10 heteroatoms. The van der Waals surface area contributed by atoms with E-state index in [1.54, 1.807) is 11.8 Å². The molecule has 6 unspecified atom stereocenters. The van der Waals surface area contributed by atoms with Gasteiger partial charge in [-0.15, -0.1) is 11.8 Å². The van der Waals surface area contributed by atoms with Crippen molar-refractivity contribution in [2.24, 2.45) is 29.6 Å². The number of amides is 2. The van der Waals surface area contributed by atoms with Crippen LogP contribution in [0.4, 0.5) is 0 Å². The summed E-state index contributed by atoms with van der Waals surface area (Å²) in [7, 11) is 0. The molecule has 188 valence electrons. The minimum absolute atomic E-state index is 0.0388. The van der Waals surface area contributed by atoms with Crippen LogP contribution in [0.5, 0.6) is 11.5 Å². The minimum Gasteiger partial charge on any atom is -0.480 e. The van der Waals surface area contributed by atoms with Gasteiger partial charge >= 0.3 is 10.8 Å². The van der Waals surface area contributed by atoms with Gasteiger partial charge in [-0.25, -0.2) is 0 Å². The van der Waals surface area contributed by atoms with Crippen LogP contribution in [-0.4, -0.2) is 44.6 Å². The lowest BCUT2D eigenvalue weighted by Gasteiger charge is -2.43. The van der Waals surface area contributed by atoms with Crippen LogP contribution in [0.3, 0.4) is 0 Å². The van der Waals surface area contributed by atoms with Gasteiger partial charge in [-0.1, -0.05) is 41.7 Å². The number of aromatic nitrogens is 1. The van der Waals surface area contributed by atoms with Crippen molar-refractivity contribution >= 4 is 40.9 Å². The number of thiazole rings is 1. The topological polar surface area (TPSA) is 117 Å². The summed E-state index contributed by atoms with van der Waals surface area (Å²) in [6.45, 7) is -0.588. The number of likely N-dealkylation sites (tertiary alicyclic amines) is 1. The van der Waals surface area contributed by atoms with Gasteiger partial charge in [-0.05, 0) is 54.0 Å². The zero-order valence-corrected chi connectivity index (χ0v) is 21.0. The number of hydrogen-bond donors (Lipinski definition) is 2. The molecule has 37 heavy (non-hydrogen) atoms. The van der Waals surface area contributed by atoms with E-state index in [0.717, 1.165) is 32.5 Å². The number of H-pyrrole nitrogens is 1. The number of carboxylic acids is 1. The van der Waals surface area contributed by atoms with E-state index in [4.69, 9.17) is 4.74 Å². The lowest BCUT2D eigenvalue weighted by molar-refractivity contribution is -0.149. The van der Waals surface area contributed by atoms with Crippen LogP contribution < -0.4 is 9.61 Å². The summed E-state index contributed by atoms with van der Waals surface area (Å²) in [6, 6.07) is 17.4. The Balaban J connectivity index is 1.29. The second kappa shape index (κ2) is 8.32. The number of carbonyl (C=O) groups is 3. The minimum atomic E-state index is -1.19. The van der Waals surface area contributed by atoms with Gasteiger partial charge in [0.05, 0.1) is 16.9 Å². The summed E-state index contributed by atoms with van der Waals surface area (Å²) in [5.41, 5.74) is 1.00. The van der Waals surface area contributed by atoms with Gasteiger partial charge in [0, 0.05) is 16.0 Å². The van der Waals surface area contributed by atoms with E-state index in [0.29, 0.717) is 5.75 Å². The Morgan fingerprint density at radius 3 is 2.49 bits per heavy atom. The lowest BCUT2D eigenvalue weighted by atomic mass is 9.68. The number of imide groups is 1. The van der Waals surface area contributed by atoms with Gasteiger partial charge in [0.15, 0.2) is 0 Å². The Bertz CT molecular complexity index is 1500. The van der Waals surface area contributed by atoms with Gasteiger partial charge < -0.3 is 14.8 Å². The van der Waals surface area contributed by atoms with Crippen molar-refractivity contribution in [2.75, 3.05) is 6.54 Å². The predicted octanol–water partition coefficient (Wildman–Crippen LogP) is 3.79. The molecule has 2 aliphatic heterocycles. The van der Waals surface area contributed by atoms with E-state index >= 15 is 0 Å². The van der Waals surface area contributed by atoms with Crippen LogP contribution in [0.1, 0.15) is 22.8 Å².